The number of benzene rings is 1. The monoisotopic (exact) mass is 231 g/mol. The van der Waals surface area contributed by atoms with E-state index >= 15 is 0 Å². The standard InChI is InChI=1S/C11H14FNO.ClH/c1-3-4-9(13)10-8(12)6-5-7(2)11(10)14;/h3,5-6,9,14H,1,4,13H2,2H3;1H/t9-;/m1./s1. The predicted molar refractivity (Wildman–Crippen MR) is 61.8 cm³/mol. The second-order valence-corrected chi connectivity index (χ2v) is 3.26. The number of hydrogen-bond donors (Lipinski definition) is 2. The fourth-order valence-electron chi connectivity index (χ4n) is 1.34. The van der Waals surface area contributed by atoms with E-state index in [1.54, 1.807) is 13.0 Å². The first-order chi connectivity index (χ1) is 6.57. The molecule has 0 heterocycles. The van der Waals surface area contributed by atoms with Crippen molar-refractivity contribution in [1.29, 1.82) is 0 Å². The first kappa shape index (κ1) is 13.9. The van der Waals surface area contributed by atoms with Gasteiger partial charge in [0.05, 0.1) is 0 Å². The van der Waals surface area contributed by atoms with Crippen LogP contribution in [-0.2, 0) is 0 Å². The third kappa shape index (κ3) is 2.94. The van der Waals surface area contributed by atoms with Gasteiger partial charge in [-0.1, -0.05) is 12.1 Å². The minimum absolute atomic E-state index is 0. The average Bonchev–Trinajstić information content (AvgIpc) is 2.13. The summed E-state index contributed by atoms with van der Waals surface area (Å²) in [5.41, 5.74) is 6.50. The molecule has 0 aliphatic heterocycles. The van der Waals surface area contributed by atoms with E-state index < -0.39 is 11.9 Å². The number of aryl methyl sites for hydroxylation is 1. The normalized spacial score (nSPS) is 11.7. The Bertz CT molecular complexity index is 355. The van der Waals surface area contributed by atoms with Gasteiger partial charge in [0.25, 0.3) is 0 Å². The number of aromatic hydroxyl groups is 1. The number of phenolic OH excluding ortho intramolecular Hbond substituents is 1. The largest absolute Gasteiger partial charge is 0.507 e. The van der Waals surface area contributed by atoms with Crippen LogP contribution in [-0.4, -0.2) is 5.11 Å². The zero-order valence-corrected chi connectivity index (χ0v) is 9.35. The Hall–Kier alpha value is -1.06. The van der Waals surface area contributed by atoms with Crippen LogP contribution in [0.3, 0.4) is 0 Å². The first-order valence-corrected chi connectivity index (χ1v) is 4.42. The molecule has 4 heteroatoms. The maximum atomic E-state index is 13.3. The van der Waals surface area contributed by atoms with E-state index in [0.717, 1.165) is 0 Å². The fraction of sp³-hybridized carbons (Fsp3) is 0.273. The summed E-state index contributed by atoms with van der Waals surface area (Å²) in [6.07, 6.45) is 2.04. The van der Waals surface area contributed by atoms with Crippen molar-refractivity contribution in [2.24, 2.45) is 5.73 Å². The highest BCUT2D eigenvalue weighted by atomic mass is 35.5. The summed E-state index contributed by atoms with van der Waals surface area (Å²) in [7, 11) is 0. The average molecular weight is 232 g/mol. The Labute approximate surface area is 95.0 Å². The minimum atomic E-state index is -0.535. The maximum absolute atomic E-state index is 13.3. The third-order valence-corrected chi connectivity index (χ3v) is 2.16. The van der Waals surface area contributed by atoms with Gasteiger partial charge < -0.3 is 10.8 Å². The summed E-state index contributed by atoms with van der Waals surface area (Å²) in [6.45, 7) is 5.23. The molecule has 2 nitrogen and oxygen atoms in total. The van der Waals surface area contributed by atoms with Gasteiger partial charge in [-0.2, -0.15) is 0 Å². The number of phenols is 1. The van der Waals surface area contributed by atoms with Crippen LogP contribution in [0.5, 0.6) is 5.75 Å². The Morgan fingerprint density at radius 2 is 2.20 bits per heavy atom. The van der Waals surface area contributed by atoms with E-state index in [1.165, 1.54) is 12.1 Å². The van der Waals surface area contributed by atoms with Crippen LogP contribution in [0.2, 0.25) is 0 Å². The molecule has 1 atom stereocenters. The molecule has 1 aromatic rings. The van der Waals surface area contributed by atoms with Crippen LogP contribution in [0.4, 0.5) is 4.39 Å². The summed E-state index contributed by atoms with van der Waals surface area (Å²) in [5.74, 6) is -0.526. The Morgan fingerprint density at radius 1 is 1.60 bits per heavy atom. The molecule has 0 spiro atoms. The molecule has 1 aromatic carbocycles. The Morgan fingerprint density at radius 3 is 2.73 bits per heavy atom. The van der Waals surface area contributed by atoms with Gasteiger partial charge >= 0.3 is 0 Å². The molecule has 0 fully saturated rings. The third-order valence-electron chi connectivity index (χ3n) is 2.16. The number of nitrogens with two attached hydrogens (primary N) is 1. The van der Waals surface area contributed by atoms with E-state index in [1.807, 2.05) is 0 Å². The van der Waals surface area contributed by atoms with Crippen molar-refractivity contribution in [3.63, 3.8) is 0 Å². The molecule has 0 saturated heterocycles. The zero-order chi connectivity index (χ0) is 10.7. The zero-order valence-electron chi connectivity index (χ0n) is 8.53. The van der Waals surface area contributed by atoms with Gasteiger partial charge in [0.2, 0.25) is 0 Å². The van der Waals surface area contributed by atoms with Crippen molar-refractivity contribution in [1.82, 2.24) is 0 Å². The Kier molecular flexibility index (Phi) is 5.33. The molecule has 84 valence electrons. The van der Waals surface area contributed by atoms with E-state index in [0.29, 0.717) is 12.0 Å². The molecule has 0 amide bonds. The molecule has 3 N–H and O–H groups in total. The second-order valence-electron chi connectivity index (χ2n) is 3.26. The number of rotatable bonds is 3. The van der Waals surface area contributed by atoms with Crippen molar-refractivity contribution in [2.75, 3.05) is 0 Å². The van der Waals surface area contributed by atoms with Gasteiger partial charge in [-0.3, -0.25) is 0 Å². The van der Waals surface area contributed by atoms with Gasteiger partial charge in [0.1, 0.15) is 11.6 Å². The topological polar surface area (TPSA) is 46.2 Å². The van der Waals surface area contributed by atoms with Crippen LogP contribution in [0, 0.1) is 12.7 Å². The molecule has 0 aromatic heterocycles. The van der Waals surface area contributed by atoms with Crippen LogP contribution in [0.1, 0.15) is 23.6 Å². The molecule has 0 saturated carbocycles. The first-order valence-electron chi connectivity index (χ1n) is 4.42. The van der Waals surface area contributed by atoms with Crippen molar-refractivity contribution in [3.05, 3.63) is 41.7 Å². The summed E-state index contributed by atoms with van der Waals surface area (Å²) in [5, 5.41) is 9.62. The predicted octanol–water partition coefficient (Wildman–Crippen LogP) is 2.84. The highest BCUT2D eigenvalue weighted by Crippen LogP contribution is 2.30. The van der Waals surface area contributed by atoms with Crippen molar-refractivity contribution in [3.8, 4) is 5.75 Å². The summed E-state index contributed by atoms with van der Waals surface area (Å²) < 4.78 is 13.3. The lowest BCUT2D eigenvalue weighted by Crippen LogP contribution is -2.11. The van der Waals surface area contributed by atoms with Crippen LogP contribution in [0.25, 0.3) is 0 Å². The molecule has 0 radical (unpaired) electrons. The minimum Gasteiger partial charge on any atom is -0.507 e. The fourth-order valence-corrected chi connectivity index (χ4v) is 1.34. The molecule has 0 unspecified atom stereocenters. The lowest BCUT2D eigenvalue weighted by molar-refractivity contribution is 0.445. The van der Waals surface area contributed by atoms with Crippen LogP contribution < -0.4 is 5.73 Å². The Balaban J connectivity index is 0.00000196. The van der Waals surface area contributed by atoms with E-state index in [-0.39, 0.29) is 23.7 Å². The van der Waals surface area contributed by atoms with Gasteiger partial charge in [0.15, 0.2) is 0 Å². The lowest BCUT2D eigenvalue weighted by atomic mass is 10.0. The van der Waals surface area contributed by atoms with Gasteiger partial charge in [-0.15, -0.1) is 19.0 Å². The molecule has 0 aliphatic rings. The van der Waals surface area contributed by atoms with E-state index in [9.17, 15) is 9.50 Å². The van der Waals surface area contributed by atoms with Gasteiger partial charge in [-0.25, -0.2) is 4.39 Å². The second kappa shape index (κ2) is 5.73. The SMILES string of the molecule is C=CC[C@@H](N)c1c(F)ccc(C)c1O.Cl. The summed E-state index contributed by atoms with van der Waals surface area (Å²) in [4.78, 5) is 0. The molecule has 1 rings (SSSR count). The van der Waals surface area contributed by atoms with Gasteiger partial charge in [0, 0.05) is 11.6 Å². The number of hydrogen-bond acceptors (Lipinski definition) is 2. The molecule has 0 aliphatic carbocycles. The highest BCUT2D eigenvalue weighted by molar-refractivity contribution is 5.85. The molecule has 15 heavy (non-hydrogen) atoms. The summed E-state index contributed by atoms with van der Waals surface area (Å²) in [6, 6.07) is 2.30. The molecular formula is C11H15ClFNO. The van der Waals surface area contributed by atoms with E-state index in [4.69, 9.17) is 5.73 Å². The van der Waals surface area contributed by atoms with Gasteiger partial charge in [-0.05, 0) is 25.0 Å². The van der Waals surface area contributed by atoms with Crippen LogP contribution in [0.15, 0.2) is 24.8 Å². The smallest absolute Gasteiger partial charge is 0.131 e. The van der Waals surface area contributed by atoms with E-state index in [2.05, 4.69) is 6.58 Å². The van der Waals surface area contributed by atoms with Crippen molar-refractivity contribution < 1.29 is 9.50 Å². The maximum Gasteiger partial charge on any atom is 0.131 e. The van der Waals surface area contributed by atoms with Crippen molar-refractivity contribution >= 4 is 12.4 Å². The quantitative estimate of drug-likeness (QED) is 0.786. The number of halogens is 2. The lowest BCUT2D eigenvalue weighted by Gasteiger charge is -2.14. The molecular weight excluding hydrogens is 217 g/mol. The summed E-state index contributed by atoms with van der Waals surface area (Å²) >= 11 is 0. The molecule has 0 bridgehead atoms. The van der Waals surface area contributed by atoms with Crippen LogP contribution >= 0.6 is 12.4 Å². The van der Waals surface area contributed by atoms with Crippen molar-refractivity contribution in [2.45, 2.75) is 19.4 Å². The highest BCUT2D eigenvalue weighted by Gasteiger charge is 2.16.